The second kappa shape index (κ2) is 9.79. The Morgan fingerprint density at radius 2 is 2.07 bits per heavy atom. The van der Waals surface area contributed by atoms with Crippen LogP contribution in [0.15, 0.2) is 29.1 Å². The molecule has 3 aromatic rings. The van der Waals surface area contributed by atoms with Gasteiger partial charge in [-0.3, -0.25) is 9.59 Å². The number of hydrogen-bond donors (Lipinski definition) is 2. The van der Waals surface area contributed by atoms with E-state index in [2.05, 4.69) is 34.3 Å². The first kappa shape index (κ1) is 21.1. The molecule has 2 aromatic heterocycles. The fraction of sp³-hybridized carbons (Fsp3) is 0.435. The van der Waals surface area contributed by atoms with Gasteiger partial charge in [-0.2, -0.15) is 0 Å². The van der Waals surface area contributed by atoms with Gasteiger partial charge in [-0.05, 0) is 55.4 Å². The van der Waals surface area contributed by atoms with E-state index in [1.807, 2.05) is 12.1 Å². The molecule has 7 heteroatoms. The van der Waals surface area contributed by atoms with E-state index >= 15 is 0 Å². The number of rotatable bonds is 9. The van der Waals surface area contributed by atoms with Crippen molar-refractivity contribution < 1.29 is 4.79 Å². The number of aromatic amines is 1. The Hall–Kier alpha value is -2.12. The molecular formula is C23H27N3O2S2. The van der Waals surface area contributed by atoms with Crippen LogP contribution in [0.25, 0.3) is 10.2 Å². The topological polar surface area (TPSA) is 74.8 Å². The number of amides is 1. The molecule has 5 nitrogen and oxygen atoms in total. The standard InChI is InChI=1S/C23H27N3O2S2/c1-2-3-4-6-15-9-11-16(12-10-15)24-20(27)14-29-13-19-25-22(28)21-17-7-5-8-18(17)30-23(21)26-19/h9-12H,2-8,13-14H2,1H3,(H,24,27)(H,25,26,28). The number of aromatic nitrogens is 2. The summed E-state index contributed by atoms with van der Waals surface area (Å²) in [6, 6.07) is 8.10. The Morgan fingerprint density at radius 3 is 2.87 bits per heavy atom. The second-order valence-corrected chi connectivity index (χ2v) is 9.81. The number of anilines is 1. The molecule has 0 saturated carbocycles. The number of nitrogens with one attached hydrogen (secondary N) is 2. The molecule has 0 saturated heterocycles. The number of carbonyl (C=O) groups excluding carboxylic acids is 1. The molecule has 1 aliphatic rings. The lowest BCUT2D eigenvalue weighted by atomic mass is 10.1. The maximum absolute atomic E-state index is 12.5. The maximum atomic E-state index is 12.5. The quantitative estimate of drug-likeness (QED) is 0.454. The Balaban J connectivity index is 1.28. The van der Waals surface area contributed by atoms with Gasteiger partial charge < -0.3 is 10.3 Å². The van der Waals surface area contributed by atoms with Gasteiger partial charge in [0.1, 0.15) is 10.7 Å². The molecule has 0 radical (unpaired) electrons. The summed E-state index contributed by atoms with van der Waals surface area (Å²) >= 11 is 3.10. The van der Waals surface area contributed by atoms with Gasteiger partial charge in [0.05, 0.1) is 16.9 Å². The molecule has 0 unspecified atom stereocenters. The zero-order valence-electron chi connectivity index (χ0n) is 17.3. The molecule has 1 aliphatic carbocycles. The van der Waals surface area contributed by atoms with Crippen molar-refractivity contribution in [1.29, 1.82) is 0 Å². The average Bonchev–Trinajstić information content (AvgIpc) is 3.30. The van der Waals surface area contributed by atoms with Crippen LogP contribution in [0.1, 0.15) is 54.4 Å². The van der Waals surface area contributed by atoms with E-state index < -0.39 is 0 Å². The Morgan fingerprint density at radius 1 is 1.23 bits per heavy atom. The molecule has 4 rings (SSSR count). The van der Waals surface area contributed by atoms with Crippen molar-refractivity contribution in [3.63, 3.8) is 0 Å². The second-order valence-electron chi connectivity index (χ2n) is 7.75. The van der Waals surface area contributed by atoms with Crippen molar-refractivity contribution >= 4 is 44.9 Å². The summed E-state index contributed by atoms with van der Waals surface area (Å²) < 4.78 is 0. The van der Waals surface area contributed by atoms with Crippen molar-refractivity contribution in [3.05, 3.63) is 56.4 Å². The number of H-pyrrole nitrogens is 1. The molecule has 158 valence electrons. The number of nitrogens with zero attached hydrogens (tertiary/aromatic N) is 1. The van der Waals surface area contributed by atoms with Crippen LogP contribution in [-0.4, -0.2) is 21.6 Å². The minimum absolute atomic E-state index is 0.0431. The first-order valence-corrected chi connectivity index (χ1v) is 12.6. The maximum Gasteiger partial charge on any atom is 0.259 e. The largest absolute Gasteiger partial charge is 0.325 e. The fourth-order valence-electron chi connectivity index (χ4n) is 3.89. The van der Waals surface area contributed by atoms with Crippen LogP contribution in [0.5, 0.6) is 0 Å². The molecule has 0 aliphatic heterocycles. The van der Waals surface area contributed by atoms with Gasteiger partial charge in [0.2, 0.25) is 5.91 Å². The number of aryl methyl sites for hydroxylation is 3. The van der Waals surface area contributed by atoms with Crippen molar-refractivity contribution in [3.8, 4) is 0 Å². The van der Waals surface area contributed by atoms with E-state index in [0.717, 1.165) is 41.6 Å². The van der Waals surface area contributed by atoms with Crippen LogP contribution in [0, 0.1) is 0 Å². The van der Waals surface area contributed by atoms with E-state index in [-0.39, 0.29) is 11.5 Å². The highest BCUT2D eigenvalue weighted by molar-refractivity contribution is 7.99. The number of hydrogen-bond acceptors (Lipinski definition) is 5. The lowest BCUT2D eigenvalue weighted by molar-refractivity contribution is -0.113. The summed E-state index contributed by atoms with van der Waals surface area (Å²) in [6.45, 7) is 2.20. The van der Waals surface area contributed by atoms with E-state index in [4.69, 9.17) is 0 Å². The molecule has 1 amide bonds. The van der Waals surface area contributed by atoms with Gasteiger partial charge >= 0.3 is 0 Å². The molecule has 2 N–H and O–H groups in total. The highest BCUT2D eigenvalue weighted by Gasteiger charge is 2.21. The zero-order valence-corrected chi connectivity index (χ0v) is 18.9. The summed E-state index contributed by atoms with van der Waals surface area (Å²) in [5.41, 5.74) is 3.28. The Kier molecular flexibility index (Phi) is 6.89. The number of thioether (sulfide) groups is 1. The summed E-state index contributed by atoms with van der Waals surface area (Å²) in [4.78, 5) is 34.4. The normalized spacial score (nSPS) is 13.0. The third kappa shape index (κ3) is 4.95. The zero-order chi connectivity index (χ0) is 20.9. The molecule has 30 heavy (non-hydrogen) atoms. The third-order valence-corrected chi connectivity index (χ3v) is 7.53. The SMILES string of the molecule is CCCCCc1ccc(NC(=O)CSCc2nc3sc4c(c3c(=O)[nH]2)CCC4)cc1. The van der Waals surface area contributed by atoms with E-state index in [9.17, 15) is 9.59 Å². The van der Waals surface area contributed by atoms with E-state index in [1.165, 1.54) is 47.0 Å². The monoisotopic (exact) mass is 441 g/mol. The van der Waals surface area contributed by atoms with Crippen molar-refractivity contribution in [2.24, 2.45) is 0 Å². The van der Waals surface area contributed by atoms with Crippen LogP contribution in [0.2, 0.25) is 0 Å². The van der Waals surface area contributed by atoms with Crippen LogP contribution < -0.4 is 10.9 Å². The molecule has 0 bridgehead atoms. The third-order valence-electron chi connectivity index (χ3n) is 5.40. The molecular weight excluding hydrogens is 414 g/mol. The summed E-state index contributed by atoms with van der Waals surface area (Å²) in [7, 11) is 0. The molecule has 0 atom stereocenters. The van der Waals surface area contributed by atoms with Gasteiger partial charge in [0.25, 0.3) is 5.56 Å². The predicted octanol–water partition coefficient (Wildman–Crippen LogP) is 5.08. The molecule has 1 aromatic carbocycles. The number of fused-ring (bicyclic) bond motifs is 3. The number of benzene rings is 1. The first-order chi connectivity index (χ1) is 14.6. The smallest absolute Gasteiger partial charge is 0.259 e. The van der Waals surface area contributed by atoms with Crippen LogP contribution in [-0.2, 0) is 29.8 Å². The van der Waals surface area contributed by atoms with Gasteiger partial charge in [-0.15, -0.1) is 23.1 Å². The first-order valence-electron chi connectivity index (χ1n) is 10.6. The molecule has 0 fully saturated rings. The Labute approximate surface area is 184 Å². The summed E-state index contributed by atoms with van der Waals surface area (Å²) in [5.74, 6) is 1.43. The Bertz CT molecular complexity index is 1090. The van der Waals surface area contributed by atoms with E-state index in [0.29, 0.717) is 17.3 Å². The van der Waals surface area contributed by atoms with Crippen molar-refractivity contribution in [2.45, 2.75) is 57.6 Å². The van der Waals surface area contributed by atoms with Gasteiger partial charge in [0, 0.05) is 10.6 Å². The lowest BCUT2D eigenvalue weighted by Gasteiger charge is -2.07. The molecule has 2 heterocycles. The number of carbonyl (C=O) groups is 1. The van der Waals surface area contributed by atoms with Gasteiger partial charge in [-0.25, -0.2) is 4.98 Å². The summed E-state index contributed by atoms with van der Waals surface area (Å²) in [5, 5.41) is 3.71. The lowest BCUT2D eigenvalue weighted by Crippen LogP contribution is -2.15. The van der Waals surface area contributed by atoms with Crippen LogP contribution in [0.4, 0.5) is 5.69 Å². The predicted molar refractivity (Wildman–Crippen MR) is 127 cm³/mol. The highest BCUT2D eigenvalue weighted by atomic mass is 32.2. The van der Waals surface area contributed by atoms with Crippen LogP contribution in [0.3, 0.4) is 0 Å². The van der Waals surface area contributed by atoms with Gasteiger partial charge in [-0.1, -0.05) is 31.9 Å². The minimum atomic E-state index is -0.0442. The summed E-state index contributed by atoms with van der Waals surface area (Å²) in [6.07, 6.45) is 7.92. The number of unbranched alkanes of at least 4 members (excludes halogenated alkanes) is 2. The van der Waals surface area contributed by atoms with Gasteiger partial charge in [0.15, 0.2) is 0 Å². The highest BCUT2D eigenvalue weighted by Crippen LogP contribution is 2.34. The molecule has 0 spiro atoms. The fourth-order valence-corrected chi connectivity index (χ4v) is 5.86. The minimum Gasteiger partial charge on any atom is -0.325 e. The van der Waals surface area contributed by atoms with Crippen LogP contribution >= 0.6 is 23.1 Å². The van der Waals surface area contributed by atoms with Crippen molar-refractivity contribution in [2.75, 3.05) is 11.1 Å². The van der Waals surface area contributed by atoms with Crippen molar-refractivity contribution in [1.82, 2.24) is 9.97 Å². The average molecular weight is 442 g/mol. The number of thiophene rings is 1. The van der Waals surface area contributed by atoms with E-state index in [1.54, 1.807) is 11.3 Å².